The van der Waals surface area contributed by atoms with Gasteiger partial charge in [0.1, 0.15) is 5.69 Å². The van der Waals surface area contributed by atoms with Crippen molar-refractivity contribution in [2.24, 2.45) is 11.7 Å². The molecule has 1 aliphatic rings. The van der Waals surface area contributed by atoms with Gasteiger partial charge >= 0.3 is 0 Å². The van der Waals surface area contributed by atoms with Crippen LogP contribution in [0.25, 0.3) is 0 Å². The van der Waals surface area contributed by atoms with Crippen molar-refractivity contribution in [3.8, 4) is 0 Å². The Morgan fingerprint density at radius 1 is 1.73 bits per heavy atom. The fourth-order valence-corrected chi connectivity index (χ4v) is 1.69. The highest BCUT2D eigenvalue weighted by atomic mass is 16.5. The Kier molecular flexibility index (Phi) is 2.83. The standard InChI is InChI=1S/C10H15N3O2/c1-2-13-3-9(12-6-13)10(14)7-4-15-5-8(7)11/h3,6-8H,2,4-5,11H2,1H3. The first-order valence-corrected chi connectivity index (χ1v) is 5.11. The molecule has 0 spiro atoms. The molecule has 5 nitrogen and oxygen atoms in total. The largest absolute Gasteiger partial charge is 0.379 e. The predicted octanol–water partition coefficient (Wildman–Crippen LogP) is 0.0594. The topological polar surface area (TPSA) is 70.1 Å². The number of Topliss-reactive ketones (excluding diaryl/α,β-unsaturated/α-hetero) is 1. The zero-order valence-corrected chi connectivity index (χ0v) is 8.72. The first-order valence-electron chi connectivity index (χ1n) is 5.11. The van der Waals surface area contributed by atoms with E-state index in [0.29, 0.717) is 18.9 Å². The molecule has 2 N–H and O–H groups in total. The second-order valence-electron chi connectivity index (χ2n) is 3.76. The molecule has 82 valence electrons. The van der Waals surface area contributed by atoms with Gasteiger partial charge in [-0.25, -0.2) is 4.98 Å². The summed E-state index contributed by atoms with van der Waals surface area (Å²) in [7, 11) is 0. The number of rotatable bonds is 3. The molecule has 0 saturated carbocycles. The van der Waals surface area contributed by atoms with Gasteiger partial charge in [-0.3, -0.25) is 4.79 Å². The molecule has 0 bridgehead atoms. The summed E-state index contributed by atoms with van der Waals surface area (Å²) in [5, 5.41) is 0. The number of aromatic nitrogens is 2. The van der Waals surface area contributed by atoms with Crippen LogP contribution in [0.2, 0.25) is 0 Å². The number of ether oxygens (including phenoxy) is 1. The smallest absolute Gasteiger partial charge is 0.189 e. The Balaban J connectivity index is 2.13. The van der Waals surface area contributed by atoms with Crippen LogP contribution in [0.15, 0.2) is 12.5 Å². The molecule has 2 atom stereocenters. The third kappa shape index (κ3) is 1.93. The van der Waals surface area contributed by atoms with Crippen LogP contribution in [0.5, 0.6) is 0 Å². The zero-order chi connectivity index (χ0) is 10.8. The molecule has 1 aromatic heterocycles. The molecule has 0 aliphatic carbocycles. The summed E-state index contributed by atoms with van der Waals surface area (Å²) >= 11 is 0. The van der Waals surface area contributed by atoms with Crippen LogP contribution >= 0.6 is 0 Å². The van der Waals surface area contributed by atoms with Crippen molar-refractivity contribution in [1.29, 1.82) is 0 Å². The van der Waals surface area contributed by atoms with Crippen LogP contribution in [-0.2, 0) is 11.3 Å². The van der Waals surface area contributed by atoms with E-state index in [1.807, 2.05) is 11.5 Å². The van der Waals surface area contributed by atoms with Crippen molar-refractivity contribution in [2.45, 2.75) is 19.5 Å². The Bertz CT molecular complexity index is 361. The number of ketones is 1. The number of carbonyl (C=O) groups is 1. The van der Waals surface area contributed by atoms with Gasteiger partial charge in [0.15, 0.2) is 5.78 Å². The fraction of sp³-hybridized carbons (Fsp3) is 0.600. The summed E-state index contributed by atoms with van der Waals surface area (Å²) in [6, 6.07) is -0.190. The minimum absolute atomic E-state index is 0.00722. The summed E-state index contributed by atoms with van der Waals surface area (Å²) in [4.78, 5) is 16.0. The highest BCUT2D eigenvalue weighted by Gasteiger charge is 2.32. The summed E-state index contributed by atoms with van der Waals surface area (Å²) in [5.41, 5.74) is 6.26. The Hall–Kier alpha value is -1.20. The number of nitrogens with two attached hydrogens (primary N) is 1. The second-order valence-corrected chi connectivity index (χ2v) is 3.76. The highest BCUT2D eigenvalue weighted by Crippen LogP contribution is 2.16. The molecule has 1 fully saturated rings. The molecule has 2 heterocycles. The number of nitrogens with zero attached hydrogens (tertiary/aromatic N) is 2. The van der Waals surface area contributed by atoms with Gasteiger partial charge in [0.25, 0.3) is 0 Å². The Morgan fingerprint density at radius 3 is 3.07 bits per heavy atom. The minimum atomic E-state index is -0.231. The van der Waals surface area contributed by atoms with Crippen LogP contribution in [0.3, 0.4) is 0 Å². The van der Waals surface area contributed by atoms with Crippen LogP contribution < -0.4 is 5.73 Å². The van der Waals surface area contributed by atoms with Crippen molar-refractivity contribution in [2.75, 3.05) is 13.2 Å². The number of aryl methyl sites for hydroxylation is 1. The lowest BCUT2D eigenvalue weighted by Crippen LogP contribution is -2.34. The maximum absolute atomic E-state index is 12.0. The molecule has 2 rings (SSSR count). The molecule has 0 aromatic carbocycles. The van der Waals surface area contributed by atoms with E-state index in [2.05, 4.69) is 4.98 Å². The fourth-order valence-electron chi connectivity index (χ4n) is 1.69. The number of hydrogen-bond acceptors (Lipinski definition) is 4. The van der Waals surface area contributed by atoms with Crippen LogP contribution in [0.1, 0.15) is 17.4 Å². The molecule has 0 radical (unpaired) electrons. The van der Waals surface area contributed by atoms with Crippen LogP contribution in [0, 0.1) is 5.92 Å². The average molecular weight is 209 g/mol. The molecular weight excluding hydrogens is 194 g/mol. The SMILES string of the molecule is CCn1cnc(C(=O)C2COCC2N)c1. The van der Waals surface area contributed by atoms with E-state index in [4.69, 9.17) is 10.5 Å². The van der Waals surface area contributed by atoms with E-state index in [9.17, 15) is 4.79 Å². The van der Waals surface area contributed by atoms with Gasteiger partial charge in [-0.15, -0.1) is 0 Å². The summed E-state index contributed by atoms with van der Waals surface area (Å²) in [5.74, 6) is -0.239. The van der Waals surface area contributed by atoms with Crippen LogP contribution in [-0.4, -0.2) is 34.6 Å². The molecule has 2 unspecified atom stereocenters. The molecule has 1 saturated heterocycles. The van der Waals surface area contributed by atoms with Crippen molar-refractivity contribution < 1.29 is 9.53 Å². The maximum atomic E-state index is 12.0. The maximum Gasteiger partial charge on any atom is 0.189 e. The van der Waals surface area contributed by atoms with Crippen molar-refractivity contribution in [3.63, 3.8) is 0 Å². The molecule has 5 heteroatoms. The lowest BCUT2D eigenvalue weighted by atomic mass is 9.97. The normalized spacial score (nSPS) is 25.7. The third-order valence-corrected chi connectivity index (χ3v) is 2.71. The lowest BCUT2D eigenvalue weighted by molar-refractivity contribution is 0.0891. The third-order valence-electron chi connectivity index (χ3n) is 2.71. The summed E-state index contributed by atoms with van der Waals surface area (Å²) in [6.45, 7) is 3.69. The van der Waals surface area contributed by atoms with E-state index < -0.39 is 0 Å². The molecule has 1 aliphatic heterocycles. The zero-order valence-electron chi connectivity index (χ0n) is 8.72. The lowest BCUT2D eigenvalue weighted by Gasteiger charge is -2.09. The molecule has 0 amide bonds. The highest BCUT2D eigenvalue weighted by molar-refractivity contribution is 5.96. The Morgan fingerprint density at radius 2 is 2.53 bits per heavy atom. The van der Waals surface area contributed by atoms with Gasteiger partial charge in [0.05, 0.1) is 25.5 Å². The minimum Gasteiger partial charge on any atom is -0.379 e. The van der Waals surface area contributed by atoms with E-state index in [0.717, 1.165) is 6.54 Å². The number of imidazole rings is 1. The van der Waals surface area contributed by atoms with E-state index >= 15 is 0 Å². The van der Waals surface area contributed by atoms with Crippen molar-refractivity contribution >= 4 is 5.78 Å². The quantitative estimate of drug-likeness (QED) is 0.715. The van der Waals surface area contributed by atoms with Gasteiger partial charge in [0, 0.05) is 18.8 Å². The molecule has 15 heavy (non-hydrogen) atoms. The number of hydrogen-bond donors (Lipinski definition) is 1. The predicted molar refractivity (Wildman–Crippen MR) is 54.5 cm³/mol. The second kappa shape index (κ2) is 4.12. The molecular formula is C10H15N3O2. The van der Waals surface area contributed by atoms with Crippen molar-refractivity contribution in [1.82, 2.24) is 9.55 Å². The van der Waals surface area contributed by atoms with Crippen LogP contribution in [0.4, 0.5) is 0 Å². The van der Waals surface area contributed by atoms with E-state index in [-0.39, 0.29) is 17.7 Å². The molecule has 1 aromatic rings. The van der Waals surface area contributed by atoms with Gasteiger partial charge in [-0.05, 0) is 6.92 Å². The summed E-state index contributed by atoms with van der Waals surface area (Å²) < 4.78 is 7.03. The van der Waals surface area contributed by atoms with Gasteiger partial charge in [-0.1, -0.05) is 0 Å². The monoisotopic (exact) mass is 209 g/mol. The van der Waals surface area contributed by atoms with Gasteiger partial charge in [-0.2, -0.15) is 0 Å². The van der Waals surface area contributed by atoms with E-state index in [1.54, 1.807) is 12.5 Å². The Labute approximate surface area is 88.2 Å². The summed E-state index contributed by atoms with van der Waals surface area (Å²) in [6.07, 6.45) is 3.42. The van der Waals surface area contributed by atoms with Gasteiger partial charge < -0.3 is 15.0 Å². The van der Waals surface area contributed by atoms with Gasteiger partial charge in [0.2, 0.25) is 0 Å². The van der Waals surface area contributed by atoms with Crippen molar-refractivity contribution in [3.05, 3.63) is 18.2 Å². The average Bonchev–Trinajstić information content (AvgIpc) is 2.84. The van der Waals surface area contributed by atoms with E-state index in [1.165, 1.54) is 0 Å². The number of carbonyl (C=O) groups excluding carboxylic acids is 1. The first-order chi connectivity index (χ1) is 7.22. The first kappa shape index (κ1) is 10.3.